The predicted molar refractivity (Wildman–Crippen MR) is 526 cm³/mol. The quantitative estimate of drug-likeness (QED) is 0.128. The maximum absolute atomic E-state index is 13.3. The Morgan fingerprint density at radius 2 is 0.534 bits per heavy atom. The number of hydrogen-bond acceptors (Lipinski definition) is 10. The van der Waals surface area contributed by atoms with Crippen LogP contribution in [0.15, 0.2) is 284 Å². The first-order valence-electron chi connectivity index (χ1n) is 44.8. The van der Waals surface area contributed by atoms with Gasteiger partial charge in [-0.2, -0.15) is 0 Å². The van der Waals surface area contributed by atoms with E-state index in [-0.39, 0.29) is 5.82 Å². The van der Waals surface area contributed by atoms with Crippen LogP contribution in [-0.4, -0.2) is 24.9 Å². The molecule has 650 valence electrons. The van der Waals surface area contributed by atoms with Gasteiger partial charge in [-0.3, -0.25) is 0 Å². The highest BCUT2D eigenvalue weighted by Gasteiger charge is 2.29. The number of fused-ring (bicyclic) bond motifs is 15. The van der Waals surface area contributed by atoms with Crippen molar-refractivity contribution >= 4 is 110 Å². The van der Waals surface area contributed by atoms with E-state index in [9.17, 15) is 4.39 Å². The molecule has 0 atom stereocenters. The maximum Gasteiger partial charge on any atom is 0.227 e. The summed E-state index contributed by atoms with van der Waals surface area (Å²) >= 11 is 0. The Morgan fingerprint density at radius 3 is 0.870 bits per heavy atom. The number of nitrogens with zero attached hydrogens (tertiary/aromatic N) is 10. The van der Waals surface area contributed by atoms with Gasteiger partial charge in [-0.15, -0.1) is 0 Å². The van der Waals surface area contributed by atoms with E-state index in [2.05, 4.69) is 341 Å². The van der Waals surface area contributed by atoms with Gasteiger partial charge < -0.3 is 22.1 Å². The Balaban J connectivity index is 0.000000110. The Hall–Kier alpha value is -15.0. The summed E-state index contributed by atoms with van der Waals surface area (Å²) in [7, 11) is 10.4. The number of aryl methyl sites for hydroxylation is 17. The topological polar surface area (TPSA) is 150 Å². The molecule has 7 aromatic carbocycles. The van der Waals surface area contributed by atoms with Crippen LogP contribution in [0.4, 0.5) is 4.39 Å². The van der Waals surface area contributed by atoms with Crippen molar-refractivity contribution in [3.63, 3.8) is 0 Å². The average Bonchev–Trinajstić information content (AvgIpc) is 1.64. The zero-order valence-corrected chi connectivity index (χ0v) is 78.4. The molecule has 0 saturated carbocycles. The number of halogens is 1. The molecule has 0 radical (unpaired) electrons. The molecule has 15 aromatic heterocycles. The van der Waals surface area contributed by atoms with E-state index in [1.165, 1.54) is 73.5 Å². The molecule has 131 heavy (non-hydrogen) atoms. The fourth-order valence-electron chi connectivity index (χ4n) is 18.0. The van der Waals surface area contributed by atoms with E-state index in [1.807, 2.05) is 90.3 Å². The van der Waals surface area contributed by atoms with Crippen LogP contribution in [0.3, 0.4) is 0 Å². The first-order valence-corrected chi connectivity index (χ1v) is 44.8. The van der Waals surface area contributed by atoms with Gasteiger partial charge in [0.05, 0.1) is 27.8 Å². The summed E-state index contributed by atoms with van der Waals surface area (Å²) in [5.74, 6) is 0.760. The molecule has 0 aliphatic rings. The number of benzene rings is 7. The minimum Gasteiger partial charge on any atom is -0.437 e. The van der Waals surface area contributed by atoms with Crippen molar-refractivity contribution in [1.29, 1.82) is 0 Å². The van der Waals surface area contributed by atoms with Gasteiger partial charge in [0.2, 0.25) is 57.0 Å². The van der Waals surface area contributed by atoms with Crippen molar-refractivity contribution in [3.05, 3.63) is 346 Å². The molecule has 0 spiro atoms. The summed E-state index contributed by atoms with van der Waals surface area (Å²) in [4.78, 5) is 22.8. The third-order valence-corrected chi connectivity index (χ3v) is 25.5. The van der Waals surface area contributed by atoms with Gasteiger partial charge in [-0.25, -0.2) is 52.1 Å². The normalized spacial score (nSPS) is 11.6. The van der Waals surface area contributed by atoms with Crippen molar-refractivity contribution in [2.45, 2.75) is 123 Å². The molecule has 22 rings (SSSR count). The first-order chi connectivity index (χ1) is 63.0. The Kier molecular flexibility index (Phi) is 23.3. The van der Waals surface area contributed by atoms with E-state index in [0.29, 0.717) is 40.4 Å². The zero-order chi connectivity index (χ0) is 91.8. The summed E-state index contributed by atoms with van der Waals surface area (Å²) in [5, 5.41) is 10.8. The van der Waals surface area contributed by atoms with Gasteiger partial charge in [0.25, 0.3) is 0 Å². The lowest BCUT2D eigenvalue weighted by molar-refractivity contribution is -0.660. The van der Waals surface area contributed by atoms with Crippen molar-refractivity contribution < 1.29 is 49.3 Å². The minimum absolute atomic E-state index is 0.235. The summed E-state index contributed by atoms with van der Waals surface area (Å²) in [6.45, 7) is 33.7. The lowest BCUT2D eigenvalue weighted by atomic mass is 9.97. The van der Waals surface area contributed by atoms with Crippen molar-refractivity contribution in [3.8, 4) is 78.5 Å². The fourth-order valence-corrected chi connectivity index (χ4v) is 18.0. The van der Waals surface area contributed by atoms with Crippen molar-refractivity contribution in [2.24, 2.45) is 35.2 Å². The van der Waals surface area contributed by atoms with Crippen LogP contribution in [0.25, 0.3) is 189 Å². The molecule has 0 aliphatic carbocycles. The lowest BCUT2D eigenvalue weighted by Crippen LogP contribution is -2.31. The van der Waals surface area contributed by atoms with Crippen LogP contribution in [0.5, 0.6) is 0 Å². The van der Waals surface area contributed by atoms with E-state index in [0.717, 1.165) is 178 Å². The highest BCUT2D eigenvalue weighted by atomic mass is 19.1. The summed E-state index contributed by atoms with van der Waals surface area (Å²) in [5.41, 5.74) is 39.6. The monoisotopic (exact) mass is 1730 g/mol. The first kappa shape index (κ1) is 86.7. The van der Waals surface area contributed by atoms with Crippen LogP contribution in [0.1, 0.15) is 118 Å². The van der Waals surface area contributed by atoms with Gasteiger partial charge in [0, 0.05) is 142 Å². The number of rotatable bonds is 9. The molecule has 0 saturated heterocycles. The molecule has 0 amide bonds. The SMILES string of the molecule is Cc1ccc2c(n1)oc1c(-c3cc(-c4ccc(F)cc4)cc[n+]3C)c(C)ccc12.Cc1ccc2c(n1)oc1c(-c3cc(-c4ccccc4)cc[n+]3C)c(C)ccc12.Cc1ccc2c(n1)oc1c(-c3cc(C(C)C)cc[n+]3C)c(C)ccc12.Cc1ccc2c(n1)oc1c(-c3cc(C)c(C)c[n+]3C)c(C)ccc12.Cc1ccc2c(n1)oc1c(-c3ccc(C(C)C)c[n+]3C)c(C)ccc12. The summed E-state index contributed by atoms with van der Waals surface area (Å²) in [6.07, 6.45) is 10.7. The Morgan fingerprint density at radius 1 is 0.237 bits per heavy atom. The number of aromatic nitrogens is 10. The molecule has 15 heterocycles. The molecule has 16 heteroatoms. The molecule has 15 nitrogen and oxygen atoms in total. The Labute approximate surface area is 762 Å². The number of furan rings is 5. The average molecular weight is 1730 g/mol. The van der Waals surface area contributed by atoms with Crippen LogP contribution < -0.4 is 22.8 Å². The van der Waals surface area contributed by atoms with Gasteiger partial charge >= 0.3 is 0 Å². The molecular formula is C115H108FN10O5+5. The summed E-state index contributed by atoms with van der Waals surface area (Å²) in [6, 6.07) is 78.8. The lowest BCUT2D eigenvalue weighted by Gasteiger charge is -2.09. The van der Waals surface area contributed by atoms with Crippen LogP contribution >= 0.6 is 0 Å². The second-order valence-electron chi connectivity index (χ2n) is 35.8. The minimum atomic E-state index is -0.235. The van der Waals surface area contributed by atoms with Crippen LogP contribution in [0.2, 0.25) is 0 Å². The van der Waals surface area contributed by atoms with Crippen molar-refractivity contribution in [1.82, 2.24) is 24.9 Å². The molecule has 0 aliphatic heterocycles. The van der Waals surface area contributed by atoms with E-state index >= 15 is 0 Å². The third-order valence-electron chi connectivity index (χ3n) is 25.5. The standard InChI is InChI=1S/C25H20FN2O.C25H21N2O.2C22H23N2O.C21H21N2O/c1-15-4-10-20-21-11-5-16(2)27-25(21)29-24(20)23(15)22-14-18(12-13-28(22)3)17-6-8-19(26)9-7-17;1-16-9-11-20-21-12-10-17(2)26-25(21)28-24(20)23(16)22-15-19(13-14-27(22)3)18-7-5-4-6-8-18;1-13(2)16-8-11-19(24(5)12-16)20-14(3)6-9-17-18-10-7-15(4)23-22(18)25-21(17)20;1-13(2)16-10-11-24(5)19(12-16)20-14(3)6-8-17-18-9-7-15(4)23-22(18)25-21(17)20;1-12-6-8-16-17-9-7-15(4)22-21(17)24-20(16)19(12)18-10-13(2)14(3)11-23(18)5/h4-14H,1-3H3;4-15H,1-3H3;2*6-13H,1-5H3;6-11H,1-5H3/q5*+1. The van der Waals surface area contributed by atoms with E-state index in [4.69, 9.17) is 22.1 Å². The van der Waals surface area contributed by atoms with Gasteiger partial charge in [-0.1, -0.05) is 131 Å². The molecule has 22 aromatic rings. The van der Waals surface area contributed by atoms with Crippen LogP contribution in [-0.2, 0) is 35.2 Å². The number of hydrogen-bond donors (Lipinski definition) is 0. The molecule has 0 bridgehead atoms. The molecule has 0 fully saturated rings. The predicted octanol–water partition coefficient (Wildman–Crippen LogP) is 26.8. The third kappa shape index (κ3) is 16.6. The highest BCUT2D eigenvalue weighted by Crippen LogP contribution is 2.44. The number of pyridine rings is 10. The second-order valence-corrected chi connectivity index (χ2v) is 35.8. The fraction of sp³-hybridized carbons (Fsp3) is 0.200. The van der Waals surface area contributed by atoms with Gasteiger partial charge in [0.15, 0.2) is 58.9 Å². The molecular weight excluding hydrogens is 1620 g/mol. The smallest absolute Gasteiger partial charge is 0.227 e. The highest BCUT2D eigenvalue weighted by molar-refractivity contribution is 6.13. The maximum atomic E-state index is 13.3. The van der Waals surface area contributed by atoms with Crippen LogP contribution in [0, 0.1) is 88.9 Å². The van der Waals surface area contributed by atoms with Gasteiger partial charge in [-0.05, 0) is 235 Å². The molecule has 0 N–H and O–H groups in total. The Bertz CT molecular complexity index is 8270. The van der Waals surface area contributed by atoms with E-state index < -0.39 is 0 Å². The molecule has 0 unspecified atom stereocenters. The van der Waals surface area contributed by atoms with Crippen molar-refractivity contribution in [2.75, 3.05) is 0 Å². The second kappa shape index (κ2) is 35.2. The van der Waals surface area contributed by atoms with E-state index in [1.54, 1.807) is 12.1 Å². The van der Waals surface area contributed by atoms with Gasteiger partial charge in [0.1, 0.15) is 41.1 Å². The summed E-state index contributed by atoms with van der Waals surface area (Å²) < 4.78 is 55.3. The largest absolute Gasteiger partial charge is 0.437 e. The zero-order valence-electron chi connectivity index (χ0n) is 78.4.